The molecule has 2 amide bonds. The van der Waals surface area contributed by atoms with Crippen molar-refractivity contribution in [1.82, 2.24) is 9.80 Å². The molecule has 0 spiro atoms. The fourth-order valence-corrected chi connectivity index (χ4v) is 3.10. The molecule has 2 N–H and O–H groups in total. The van der Waals surface area contributed by atoms with E-state index in [4.69, 9.17) is 10.5 Å². The Morgan fingerprint density at radius 1 is 1.28 bits per heavy atom. The number of carbonyl (C=O) groups is 2. The molecule has 0 bridgehead atoms. The zero-order chi connectivity index (χ0) is 18.4. The van der Waals surface area contributed by atoms with Gasteiger partial charge in [-0.1, -0.05) is 30.3 Å². The van der Waals surface area contributed by atoms with Crippen molar-refractivity contribution in [1.29, 1.82) is 0 Å². The molecule has 1 heterocycles. The quantitative estimate of drug-likeness (QED) is 0.857. The van der Waals surface area contributed by atoms with E-state index in [2.05, 4.69) is 0 Å². The molecule has 1 aliphatic heterocycles. The molecular formula is C19H29N3O3. The zero-order valence-corrected chi connectivity index (χ0v) is 15.4. The van der Waals surface area contributed by atoms with E-state index < -0.39 is 6.04 Å². The highest BCUT2D eigenvalue weighted by Gasteiger charge is 2.33. The highest BCUT2D eigenvalue weighted by Crippen LogP contribution is 2.20. The molecule has 1 aromatic rings. The lowest BCUT2D eigenvalue weighted by Crippen LogP contribution is -2.51. The van der Waals surface area contributed by atoms with E-state index in [1.54, 1.807) is 11.8 Å². The summed E-state index contributed by atoms with van der Waals surface area (Å²) in [6.45, 7) is 7.04. The topological polar surface area (TPSA) is 75.9 Å². The number of hydrogen-bond acceptors (Lipinski definition) is 4. The third kappa shape index (κ3) is 5.19. The van der Waals surface area contributed by atoms with Gasteiger partial charge < -0.3 is 20.3 Å². The normalized spacial score (nSPS) is 18.3. The predicted octanol–water partition coefficient (Wildman–Crippen LogP) is 2.37. The summed E-state index contributed by atoms with van der Waals surface area (Å²) >= 11 is 0. The van der Waals surface area contributed by atoms with Gasteiger partial charge in [0.05, 0.1) is 6.04 Å². The van der Waals surface area contributed by atoms with Crippen LogP contribution in [0.25, 0.3) is 0 Å². The fourth-order valence-electron chi connectivity index (χ4n) is 3.10. The Balaban J connectivity index is 1.97. The average molecular weight is 347 g/mol. The van der Waals surface area contributed by atoms with Gasteiger partial charge in [0, 0.05) is 25.2 Å². The molecule has 0 aromatic heterocycles. The maximum Gasteiger partial charge on any atom is 0.410 e. The molecular weight excluding hydrogens is 318 g/mol. The van der Waals surface area contributed by atoms with Crippen LogP contribution < -0.4 is 5.73 Å². The van der Waals surface area contributed by atoms with Crippen LogP contribution in [-0.2, 0) is 16.1 Å². The molecule has 0 saturated carbocycles. The molecule has 2 rings (SSSR count). The zero-order valence-electron chi connectivity index (χ0n) is 15.4. The number of rotatable bonds is 6. The number of likely N-dealkylation sites (tertiary alicyclic amines) is 1. The van der Waals surface area contributed by atoms with Crippen molar-refractivity contribution >= 4 is 12.0 Å². The Bertz CT molecular complexity index is 575. The number of nitrogens with two attached hydrogens (primary N) is 1. The van der Waals surface area contributed by atoms with Crippen LogP contribution in [0, 0.1) is 0 Å². The van der Waals surface area contributed by atoms with Crippen molar-refractivity contribution in [3.05, 3.63) is 35.9 Å². The second-order valence-electron chi connectivity index (χ2n) is 6.90. The van der Waals surface area contributed by atoms with Gasteiger partial charge >= 0.3 is 6.09 Å². The summed E-state index contributed by atoms with van der Waals surface area (Å²) in [5, 5.41) is 0. The number of ether oxygens (including phenoxy) is 1. The number of benzene rings is 1. The van der Waals surface area contributed by atoms with Crippen molar-refractivity contribution in [2.24, 2.45) is 5.73 Å². The summed E-state index contributed by atoms with van der Waals surface area (Å²) in [4.78, 5) is 28.3. The number of nitrogens with zero attached hydrogens (tertiary/aromatic N) is 2. The molecule has 6 heteroatoms. The van der Waals surface area contributed by atoms with Gasteiger partial charge in [-0.05, 0) is 39.2 Å². The molecule has 0 aliphatic carbocycles. The summed E-state index contributed by atoms with van der Waals surface area (Å²) < 4.78 is 5.46. The first-order chi connectivity index (χ1) is 11.9. The summed E-state index contributed by atoms with van der Waals surface area (Å²) in [7, 11) is 0. The number of amides is 2. The lowest BCUT2D eigenvalue weighted by Gasteiger charge is -2.33. The molecule has 138 valence electrons. The Kier molecular flexibility index (Phi) is 6.82. The summed E-state index contributed by atoms with van der Waals surface area (Å²) in [6.07, 6.45) is 1.47. The first-order valence-corrected chi connectivity index (χ1v) is 8.93. The molecule has 1 saturated heterocycles. The van der Waals surface area contributed by atoms with Crippen molar-refractivity contribution in [2.45, 2.75) is 58.3 Å². The predicted molar refractivity (Wildman–Crippen MR) is 96.9 cm³/mol. The first-order valence-electron chi connectivity index (χ1n) is 8.93. The van der Waals surface area contributed by atoms with E-state index in [1.165, 1.54) is 0 Å². The maximum absolute atomic E-state index is 12.5. The molecule has 0 radical (unpaired) electrons. The van der Waals surface area contributed by atoms with Gasteiger partial charge in [0.25, 0.3) is 0 Å². The highest BCUT2D eigenvalue weighted by molar-refractivity contribution is 5.81. The van der Waals surface area contributed by atoms with Crippen LogP contribution >= 0.6 is 0 Å². The van der Waals surface area contributed by atoms with Crippen LogP contribution in [-0.4, -0.2) is 53.0 Å². The van der Waals surface area contributed by atoms with Crippen molar-refractivity contribution < 1.29 is 14.3 Å². The largest absolute Gasteiger partial charge is 0.445 e. The smallest absolute Gasteiger partial charge is 0.410 e. The van der Waals surface area contributed by atoms with Crippen LogP contribution in [0.5, 0.6) is 0 Å². The fraction of sp³-hybridized carbons (Fsp3) is 0.579. The Morgan fingerprint density at radius 2 is 1.96 bits per heavy atom. The monoisotopic (exact) mass is 347 g/mol. The van der Waals surface area contributed by atoms with Crippen molar-refractivity contribution in [3.63, 3.8) is 0 Å². The second-order valence-corrected chi connectivity index (χ2v) is 6.90. The third-order valence-corrected chi connectivity index (χ3v) is 4.52. The van der Waals surface area contributed by atoms with E-state index in [0.717, 1.165) is 18.4 Å². The van der Waals surface area contributed by atoms with E-state index in [-0.39, 0.29) is 30.7 Å². The van der Waals surface area contributed by atoms with Gasteiger partial charge in [0.2, 0.25) is 5.91 Å². The van der Waals surface area contributed by atoms with Crippen LogP contribution in [0.1, 0.15) is 39.2 Å². The SMILES string of the molecule is CC(C)N(CC1CCCN1C(=O)[C@H](C)N)C(=O)OCc1ccccc1. The van der Waals surface area contributed by atoms with Gasteiger partial charge in [-0.25, -0.2) is 4.79 Å². The van der Waals surface area contributed by atoms with Gasteiger partial charge in [-0.3, -0.25) is 4.79 Å². The Labute approximate surface area is 149 Å². The first kappa shape index (κ1) is 19.2. The van der Waals surface area contributed by atoms with E-state index >= 15 is 0 Å². The number of hydrogen-bond donors (Lipinski definition) is 1. The van der Waals surface area contributed by atoms with Gasteiger partial charge in [0.15, 0.2) is 0 Å². The standard InChI is InChI=1S/C19H29N3O3/c1-14(2)22(19(24)25-13-16-8-5-4-6-9-16)12-17-10-7-11-21(17)18(23)15(3)20/h4-6,8-9,14-15,17H,7,10-13,20H2,1-3H3/t15-,17?/m0/s1. The summed E-state index contributed by atoms with van der Waals surface area (Å²) in [6, 6.07) is 9.09. The highest BCUT2D eigenvalue weighted by atomic mass is 16.6. The average Bonchev–Trinajstić information content (AvgIpc) is 3.05. The molecule has 1 unspecified atom stereocenters. The molecule has 25 heavy (non-hydrogen) atoms. The maximum atomic E-state index is 12.5. The van der Waals surface area contributed by atoms with Crippen LogP contribution in [0.2, 0.25) is 0 Å². The summed E-state index contributed by atoms with van der Waals surface area (Å²) in [5.74, 6) is -0.0520. The molecule has 1 aliphatic rings. The Hall–Kier alpha value is -2.08. The Morgan fingerprint density at radius 3 is 2.56 bits per heavy atom. The molecule has 1 aromatic carbocycles. The van der Waals surface area contributed by atoms with Crippen molar-refractivity contribution in [3.8, 4) is 0 Å². The van der Waals surface area contributed by atoms with E-state index in [1.807, 2.05) is 49.1 Å². The van der Waals surface area contributed by atoms with Gasteiger partial charge in [-0.15, -0.1) is 0 Å². The second kappa shape index (κ2) is 8.85. The van der Waals surface area contributed by atoms with Gasteiger partial charge in [0.1, 0.15) is 6.61 Å². The van der Waals surface area contributed by atoms with Crippen LogP contribution in [0.15, 0.2) is 30.3 Å². The minimum absolute atomic E-state index is 0.00359. The third-order valence-electron chi connectivity index (χ3n) is 4.52. The molecule has 6 nitrogen and oxygen atoms in total. The lowest BCUT2D eigenvalue weighted by molar-refractivity contribution is -0.133. The minimum Gasteiger partial charge on any atom is -0.445 e. The number of carbonyl (C=O) groups excluding carboxylic acids is 2. The van der Waals surface area contributed by atoms with Gasteiger partial charge in [-0.2, -0.15) is 0 Å². The van der Waals surface area contributed by atoms with Crippen LogP contribution in [0.4, 0.5) is 4.79 Å². The minimum atomic E-state index is -0.516. The van der Waals surface area contributed by atoms with E-state index in [9.17, 15) is 9.59 Å². The van der Waals surface area contributed by atoms with Crippen molar-refractivity contribution in [2.75, 3.05) is 13.1 Å². The molecule has 1 fully saturated rings. The summed E-state index contributed by atoms with van der Waals surface area (Å²) in [5.41, 5.74) is 6.70. The molecule has 2 atom stereocenters. The lowest BCUT2D eigenvalue weighted by atomic mass is 10.1. The van der Waals surface area contributed by atoms with Crippen LogP contribution in [0.3, 0.4) is 0 Å². The van der Waals surface area contributed by atoms with E-state index in [0.29, 0.717) is 13.1 Å².